The molecule has 1 N–H and O–H groups in total. The van der Waals surface area contributed by atoms with Gasteiger partial charge in [0.1, 0.15) is 0 Å². The molecule has 3 atom stereocenters. The standard InChI is InChI=1S/C16H30N2O/c1-3-11-18(12-14-8-4-5-10-17-14)16(19)15-9-6-7-13(15)2/h13-15,17H,3-12H2,1-2H3. The third kappa shape index (κ3) is 3.95. The van der Waals surface area contributed by atoms with Crippen molar-refractivity contribution < 1.29 is 4.79 Å². The zero-order chi connectivity index (χ0) is 13.7. The van der Waals surface area contributed by atoms with E-state index < -0.39 is 0 Å². The molecule has 2 rings (SSSR count). The number of carbonyl (C=O) groups excluding carboxylic acids is 1. The van der Waals surface area contributed by atoms with Crippen LogP contribution in [-0.2, 0) is 4.79 Å². The van der Waals surface area contributed by atoms with Gasteiger partial charge in [0.25, 0.3) is 0 Å². The lowest BCUT2D eigenvalue weighted by atomic mass is 9.95. The molecule has 1 saturated heterocycles. The third-order valence-corrected chi connectivity index (χ3v) is 4.84. The second kappa shape index (κ2) is 7.28. The molecular formula is C16H30N2O. The van der Waals surface area contributed by atoms with E-state index in [0.29, 0.717) is 23.8 Å². The SMILES string of the molecule is CCCN(CC1CCCCN1)C(=O)C1CCCC1C. The van der Waals surface area contributed by atoms with Crippen LogP contribution in [0.4, 0.5) is 0 Å². The minimum atomic E-state index is 0.301. The highest BCUT2D eigenvalue weighted by Crippen LogP contribution is 2.32. The molecule has 0 spiro atoms. The summed E-state index contributed by atoms with van der Waals surface area (Å²) in [6.07, 6.45) is 8.48. The minimum absolute atomic E-state index is 0.301. The van der Waals surface area contributed by atoms with Crippen LogP contribution >= 0.6 is 0 Å². The number of piperidine rings is 1. The van der Waals surface area contributed by atoms with Crippen molar-refractivity contribution in [1.82, 2.24) is 10.2 Å². The number of nitrogens with one attached hydrogen (secondary N) is 1. The summed E-state index contributed by atoms with van der Waals surface area (Å²) < 4.78 is 0. The van der Waals surface area contributed by atoms with Crippen LogP contribution in [0.1, 0.15) is 58.8 Å². The Labute approximate surface area is 118 Å². The number of nitrogens with zero attached hydrogens (tertiary/aromatic N) is 1. The monoisotopic (exact) mass is 266 g/mol. The zero-order valence-corrected chi connectivity index (χ0v) is 12.7. The molecule has 3 nitrogen and oxygen atoms in total. The van der Waals surface area contributed by atoms with Crippen molar-refractivity contribution >= 4 is 5.91 Å². The molecule has 1 amide bonds. The maximum absolute atomic E-state index is 12.7. The number of hydrogen-bond acceptors (Lipinski definition) is 2. The van der Waals surface area contributed by atoms with Crippen LogP contribution in [0.3, 0.4) is 0 Å². The summed E-state index contributed by atoms with van der Waals surface area (Å²) >= 11 is 0. The molecule has 2 fully saturated rings. The van der Waals surface area contributed by atoms with Crippen molar-refractivity contribution in [1.29, 1.82) is 0 Å². The molecule has 1 aliphatic carbocycles. The summed E-state index contributed by atoms with van der Waals surface area (Å²) in [5.74, 6) is 1.32. The molecule has 0 aromatic carbocycles. The molecule has 3 heteroatoms. The average Bonchev–Trinajstić information content (AvgIpc) is 2.85. The zero-order valence-electron chi connectivity index (χ0n) is 12.7. The predicted octanol–water partition coefficient (Wildman–Crippen LogP) is 2.80. The van der Waals surface area contributed by atoms with Crippen LogP contribution in [-0.4, -0.2) is 36.5 Å². The summed E-state index contributed by atoms with van der Waals surface area (Å²) in [7, 11) is 0. The van der Waals surface area contributed by atoms with Crippen molar-refractivity contribution in [2.45, 2.75) is 64.8 Å². The van der Waals surface area contributed by atoms with Gasteiger partial charge in [-0.15, -0.1) is 0 Å². The molecule has 110 valence electrons. The first-order valence-corrected chi connectivity index (χ1v) is 8.24. The number of amides is 1. The van der Waals surface area contributed by atoms with E-state index in [1.165, 1.54) is 32.1 Å². The normalized spacial score (nSPS) is 31.4. The van der Waals surface area contributed by atoms with Crippen LogP contribution in [0.25, 0.3) is 0 Å². The van der Waals surface area contributed by atoms with E-state index in [0.717, 1.165) is 32.5 Å². The minimum Gasteiger partial charge on any atom is -0.341 e. The smallest absolute Gasteiger partial charge is 0.226 e. The van der Waals surface area contributed by atoms with Gasteiger partial charge in [-0.2, -0.15) is 0 Å². The van der Waals surface area contributed by atoms with Gasteiger partial charge in [0, 0.05) is 25.0 Å². The van der Waals surface area contributed by atoms with Crippen LogP contribution < -0.4 is 5.32 Å². The van der Waals surface area contributed by atoms with Gasteiger partial charge in [-0.1, -0.05) is 26.7 Å². The number of rotatable bonds is 5. The molecule has 1 heterocycles. The predicted molar refractivity (Wildman–Crippen MR) is 79.0 cm³/mol. The average molecular weight is 266 g/mol. The van der Waals surface area contributed by atoms with Crippen LogP contribution in [0.2, 0.25) is 0 Å². The van der Waals surface area contributed by atoms with Crippen molar-refractivity contribution in [3.63, 3.8) is 0 Å². The van der Waals surface area contributed by atoms with E-state index in [1.54, 1.807) is 0 Å². The topological polar surface area (TPSA) is 32.3 Å². The molecule has 0 aromatic rings. The fraction of sp³-hybridized carbons (Fsp3) is 0.938. The van der Waals surface area contributed by atoms with Crippen LogP contribution in [0.15, 0.2) is 0 Å². The Balaban J connectivity index is 1.91. The summed E-state index contributed by atoms with van der Waals surface area (Å²) in [4.78, 5) is 14.9. The quantitative estimate of drug-likeness (QED) is 0.830. The molecular weight excluding hydrogens is 236 g/mol. The van der Waals surface area contributed by atoms with Gasteiger partial charge in [0.05, 0.1) is 0 Å². The highest BCUT2D eigenvalue weighted by Gasteiger charge is 2.33. The second-order valence-electron chi connectivity index (χ2n) is 6.45. The van der Waals surface area contributed by atoms with E-state index in [1.807, 2.05) is 0 Å². The maximum atomic E-state index is 12.7. The Kier molecular flexibility index (Phi) is 5.68. The fourth-order valence-electron chi connectivity index (χ4n) is 3.65. The highest BCUT2D eigenvalue weighted by atomic mass is 16.2. The molecule has 19 heavy (non-hydrogen) atoms. The molecule has 1 saturated carbocycles. The largest absolute Gasteiger partial charge is 0.341 e. The number of hydrogen-bond donors (Lipinski definition) is 1. The summed E-state index contributed by atoms with van der Waals surface area (Å²) in [5, 5.41) is 3.57. The Morgan fingerprint density at radius 1 is 1.21 bits per heavy atom. The fourth-order valence-corrected chi connectivity index (χ4v) is 3.65. The molecule has 1 aliphatic heterocycles. The van der Waals surface area contributed by atoms with Gasteiger partial charge in [0.15, 0.2) is 0 Å². The van der Waals surface area contributed by atoms with Gasteiger partial charge in [0.2, 0.25) is 5.91 Å². The number of carbonyl (C=O) groups is 1. The first-order chi connectivity index (χ1) is 9.22. The van der Waals surface area contributed by atoms with E-state index in [2.05, 4.69) is 24.1 Å². The van der Waals surface area contributed by atoms with Crippen molar-refractivity contribution in [2.75, 3.05) is 19.6 Å². The summed E-state index contributed by atoms with van der Waals surface area (Å²) in [6.45, 7) is 7.40. The first-order valence-electron chi connectivity index (χ1n) is 8.24. The van der Waals surface area contributed by atoms with Crippen molar-refractivity contribution in [3.8, 4) is 0 Å². The van der Waals surface area contributed by atoms with Gasteiger partial charge in [-0.25, -0.2) is 0 Å². The molecule has 2 aliphatic rings. The molecule has 0 bridgehead atoms. The van der Waals surface area contributed by atoms with Gasteiger partial charge >= 0.3 is 0 Å². The van der Waals surface area contributed by atoms with Gasteiger partial charge < -0.3 is 10.2 Å². The summed E-state index contributed by atoms with van der Waals surface area (Å²) in [5.41, 5.74) is 0. The lowest BCUT2D eigenvalue weighted by molar-refractivity contribution is -0.137. The lowest BCUT2D eigenvalue weighted by Crippen LogP contribution is -2.48. The Bertz CT molecular complexity index is 286. The van der Waals surface area contributed by atoms with Crippen LogP contribution in [0.5, 0.6) is 0 Å². The Hall–Kier alpha value is -0.570. The Morgan fingerprint density at radius 3 is 2.63 bits per heavy atom. The molecule has 0 radical (unpaired) electrons. The highest BCUT2D eigenvalue weighted by molar-refractivity contribution is 5.79. The van der Waals surface area contributed by atoms with Crippen molar-refractivity contribution in [3.05, 3.63) is 0 Å². The van der Waals surface area contributed by atoms with E-state index in [-0.39, 0.29) is 0 Å². The van der Waals surface area contributed by atoms with Crippen molar-refractivity contribution in [2.24, 2.45) is 11.8 Å². The molecule has 3 unspecified atom stereocenters. The Morgan fingerprint density at radius 2 is 2.05 bits per heavy atom. The first kappa shape index (κ1) is 14.8. The molecule has 0 aromatic heterocycles. The van der Waals surface area contributed by atoms with Gasteiger partial charge in [-0.05, 0) is 44.6 Å². The second-order valence-corrected chi connectivity index (χ2v) is 6.45. The van der Waals surface area contributed by atoms with E-state index in [4.69, 9.17) is 0 Å². The third-order valence-electron chi connectivity index (χ3n) is 4.84. The van der Waals surface area contributed by atoms with Gasteiger partial charge in [-0.3, -0.25) is 4.79 Å². The van der Waals surface area contributed by atoms with Crippen LogP contribution in [0, 0.1) is 11.8 Å². The van der Waals surface area contributed by atoms with E-state index in [9.17, 15) is 4.79 Å². The summed E-state index contributed by atoms with van der Waals surface area (Å²) in [6, 6.07) is 0.529. The lowest BCUT2D eigenvalue weighted by Gasteiger charge is -2.33. The van der Waals surface area contributed by atoms with E-state index >= 15 is 0 Å². The maximum Gasteiger partial charge on any atom is 0.226 e.